The van der Waals surface area contributed by atoms with E-state index in [9.17, 15) is 13.2 Å². The second-order valence-corrected chi connectivity index (χ2v) is 9.31. The summed E-state index contributed by atoms with van der Waals surface area (Å²) in [5.74, 6) is 0.0629. The lowest BCUT2D eigenvalue weighted by atomic mass is 10.4. The zero-order chi connectivity index (χ0) is 18.3. The van der Waals surface area contributed by atoms with Gasteiger partial charge in [-0.15, -0.1) is 10.2 Å². The van der Waals surface area contributed by atoms with Gasteiger partial charge in [0.1, 0.15) is 15.6 Å². The number of anilines is 1. The van der Waals surface area contributed by atoms with Crippen LogP contribution < -0.4 is 5.32 Å². The van der Waals surface area contributed by atoms with Crippen molar-refractivity contribution in [3.63, 3.8) is 0 Å². The van der Waals surface area contributed by atoms with Gasteiger partial charge in [-0.1, -0.05) is 11.3 Å². The SMILES string of the molecule is Cn1cc(S(=O)(=O)N2CCOCC2)cc1C(=O)Nc1nnc(C2CC2)s1. The average molecular weight is 397 g/mol. The molecule has 0 bridgehead atoms. The molecule has 1 aliphatic carbocycles. The molecular formula is C15H19N5O4S2. The Morgan fingerprint density at radius 1 is 1.31 bits per heavy atom. The first-order chi connectivity index (χ1) is 12.4. The van der Waals surface area contributed by atoms with Crippen molar-refractivity contribution in [1.82, 2.24) is 19.1 Å². The molecule has 0 unspecified atom stereocenters. The van der Waals surface area contributed by atoms with E-state index in [0.29, 0.717) is 37.4 Å². The summed E-state index contributed by atoms with van der Waals surface area (Å²) in [6, 6.07) is 1.39. The molecule has 1 N–H and O–H groups in total. The first kappa shape index (κ1) is 17.6. The Labute approximate surface area is 155 Å². The third-order valence-corrected chi connectivity index (χ3v) is 7.27. The molecule has 140 valence electrons. The van der Waals surface area contributed by atoms with E-state index in [0.717, 1.165) is 17.8 Å². The Kier molecular flexibility index (Phi) is 4.55. The van der Waals surface area contributed by atoms with E-state index in [2.05, 4.69) is 15.5 Å². The van der Waals surface area contributed by atoms with Gasteiger partial charge in [-0.3, -0.25) is 10.1 Å². The van der Waals surface area contributed by atoms with Crippen LogP contribution in [0.1, 0.15) is 34.3 Å². The number of aryl methyl sites for hydroxylation is 1. The van der Waals surface area contributed by atoms with Crippen molar-refractivity contribution in [1.29, 1.82) is 0 Å². The highest BCUT2D eigenvalue weighted by Gasteiger charge is 2.30. The number of rotatable bonds is 5. The number of carbonyl (C=O) groups excluding carboxylic acids is 1. The monoisotopic (exact) mass is 397 g/mol. The summed E-state index contributed by atoms with van der Waals surface area (Å²) in [6.07, 6.45) is 3.68. The van der Waals surface area contributed by atoms with Crippen LogP contribution >= 0.6 is 11.3 Å². The van der Waals surface area contributed by atoms with Crippen LogP contribution in [0.25, 0.3) is 0 Å². The molecule has 0 atom stereocenters. The minimum absolute atomic E-state index is 0.1000. The van der Waals surface area contributed by atoms with Gasteiger partial charge in [0.15, 0.2) is 0 Å². The topological polar surface area (TPSA) is 106 Å². The van der Waals surface area contributed by atoms with Crippen LogP contribution in [0.15, 0.2) is 17.2 Å². The summed E-state index contributed by atoms with van der Waals surface area (Å²) in [5, 5.41) is 12.1. The van der Waals surface area contributed by atoms with E-state index in [1.165, 1.54) is 32.5 Å². The fourth-order valence-corrected chi connectivity index (χ4v) is 5.17. The molecular weight excluding hydrogens is 378 g/mol. The molecule has 3 heterocycles. The van der Waals surface area contributed by atoms with E-state index >= 15 is 0 Å². The number of morpholine rings is 1. The summed E-state index contributed by atoms with van der Waals surface area (Å²) in [4.78, 5) is 12.6. The first-order valence-electron chi connectivity index (χ1n) is 8.34. The fraction of sp³-hybridized carbons (Fsp3) is 0.533. The summed E-state index contributed by atoms with van der Waals surface area (Å²) in [5.41, 5.74) is 0.250. The van der Waals surface area contributed by atoms with E-state index in [1.54, 1.807) is 7.05 Å². The molecule has 1 amide bonds. The molecule has 26 heavy (non-hydrogen) atoms. The number of hydrogen-bond acceptors (Lipinski definition) is 7. The first-order valence-corrected chi connectivity index (χ1v) is 10.6. The Morgan fingerprint density at radius 2 is 2.04 bits per heavy atom. The zero-order valence-electron chi connectivity index (χ0n) is 14.2. The van der Waals surface area contributed by atoms with Crippen LogP contribution in [0.2, 0.25) is 0 Å². The third kappa shape index (κ3) is 3.39. The van der Waals surface area contributed by atoms with Gasteiger partial charge >= 0.3 is 0 Å². The minimum Gasteiger partial charge on any atom is -0.379 e. The van der Waals surface area contributed by atoms with E-state index < -0.39 is 15.9 Å². The van der Waals surface area contributed by atoms with Gasteiger partial charge in [0.25, 0.3) is 5.91 Å². The molecule has 4 rings (SSSR count). The molecule has 0 radical (unpaired) electrons. The standard InChI is InChI=1S/C15H19N5O4S2/c1-19-9-11(26(22,23)20-4-6-24-7-5-20)8-12(19)13(21)16-15-18-17-14(25-15)10-2-3-10/h8-10H,2-7H2,1H3,(H,16,18,21). The van der Waals surface area contributed by atoms with Gasteiger partial charge in [-0.25, -0.2) is 8.42 Å². The van der Waals surface area contributed by atoms with Crippen LogP contribution in [0, 0.1) is 0 Å². The number of sulfonamides is 1. The molecule has 2 aromatic heterocycles. The number of amides is 1. The lowest BCUT2D eigenvalue weighted by Crippen LogP contribution is -2.40. The molecule has 9 nitrogen and oxygen atoms in total. The number of nitrogens with one attached hydrogen (secondary N) is 1. The van der Waals surface area contributed by atoms with Crippen molar-refractivity contribution in [2.75, 3.05) is 31.6 Å². The zero-order valence-corrected chi connectivity index (χ0v) is 15.8. The third-order valence-electron chi connectivity index (χ3n) is 4.41. The van der Waals surface area contributed by atoms with Crippen molar-refractivity contribution < 1.29 is 17.9 Å². The molecule has 0 spiro atoms. The van der Waals surface area contributed by atoms with Gasteiger partial charge in [-0.05, 0) is 18.9 Å². The normalized spacial score (nSPS) is 18.8. The summed E-state index contributed by atoms with van der Waals surface area (Å²) in [7, 11) is -2.00. The Hall–Kier alpha value is -1.82. The summed E-state index contributed by atoms with van der Waals surface area (Å²) in [6.45, 7) is 1.38. The smallest absolute Gasteiger partial charge is 0.274 e. The molecule has 2 aliphatic rings. The van der Waals surface area contributed by atoms with Gasteiger partial charge in [0.05, 0.1) is 13.2 Å². The maximum atomic E-state index is 12.7. The van der Waals surface area contributed by atoms with E-state index in [1.807, 2.05) is 0 Å². The van der Waals surface area contributed by atoms with Crippen LogP contribution in [-0.2, 0) is 21.8 Å². The van der Waals surface area contributed by atoms with Crippen molar-refractivity contribution in [2.24, 2.45) is 7.05 Å². The van der Waals surface area contributed by atoms with E-state index in [-0.39, 0.29) is 10.6 Å². The average Bonchev–Trinajstić information content (AvgIpc) is 3.25. The summed E-state index contributed by atoms with van der Waals surface area (Å²) >= 11 is 1.36. The number of hydrogen-bond donors (Lipinski definition) is 1. The maximum Gasteiger partial charge on any atom is 0.274 e. The van der Waals surface area contributed by atoms with Gasteiger partial charge in [-0.2, -0.15) is 4.31 Å². The molecule has 0 aromatic carbocycles. The van der Waals surface area contributed by atoms with Crippen LogP contribution in [0.4, 0.5) is 5.13 Å². The Morgan fingerprint density at radius 3 is 2.73 bits per heavy atom. The predicted octanol–water partition coefficient (Wildman–Crippen LogP) is 1.03. The summed E-state index contributed by atoms with van der Waals surface area (Å²) < 4.78 is 33.5. The van der Waals surface area contributed by atoms with Crippen LogP contribution in [0.5, 0.6) is 0 Å². The largest absolute Gasteiger partial charge is 0.379 e. The Balaban J connectivity index is 1.52. The molecule has 1 aliphatic heterocycles. The highest BCUT2D eigenvalue weighted by atomic mass is 32.2. The van der Waals surface area contributed by atoms with Crippen molar-refractivity contribution >= 4 is 32.4 Å². The second kappa shape index (κ2) is 6.72. The predicted molar refractivity (Wildman–Crippen MR) is 94.8 cm³/mol. The van der Waals surface area contributed by atoms with Crippen LogP contribution in [-0.4, -0.2) is 59.7 Å². The molecule has 1 saturated carbocycles. The maximum absolute atomic E-state index is 12.7. The van der Waals surface area contributed by atoms with Gasteiger partial charge in [0.2, 0.25) is 15.2 Å². The second-order valence-electron chi connectivity index (χ2n) is 6.36. The van der Waals surface area contributed by atoms with Gasteiger partial charge < -0.3 is 9.30 Å². The number of carbonyl (C=O) groups is 1. The molecule has 2 aromatic rings. The number of aromatic nitrogens is 3. The van der Waals surface area contributed by atoms with Crippen molar-refractivity contribution in [3.8, 4) is 0 Å². The fourth-order valence-electron chi connectivity index (χ4n) is 2.78. The molecule has 2 fully saturated rings. The van der Waals surface area contributed by atoms with E-state index in [4.69, 9.17) is 4.74 Å². The number of ether oxygens (including phenoxy) is 1. The molecule has 1 saturated heterocycles. The lowest BCUT2D eigenvalue weighted by Gasteiger charge is -2.25. The minimum atomic E-state index is -3.64. The highest BCUT2D eigenvalue weighted by Crippen LogP contribution is 2.42. The lowest BCUT2D eigenvalue weighted by molar-refractivity contribution is 0.0730. The Bertz CT molecular complexity index is 926. The molecule has 11 heteroatoms. The number of nitrogens with zero attached hydrogens (tertiary/aromatic N) is 4. The van der Waals surface area contributed by atoms with Gasteiger partial charge in [0, 0.05) is 32.3 Å². The van der Waals surface area contributed by atoms with Crippen molar-refractivity contribution in [3.05, 3.63) is 23.0 Å². The van der Waals surface area contributed by atoms with Crippen LogP contribution in [0.3, 0.4) is 0 Å². The van der Waals surface area contributed by atoms with Crippen molar-refractivity contribution in [2.45, 2.75) is 23.7 Å². The highest BCUT2D eigenvalue weighted by molar-refractivity contribution is 7.89. The quantitative estimate of drug-likeness (QED) is 0.808.